The zero-order valence-corrected chi connectivity index (χ0v) is 15.1. The number of rotatable bonds is 6. The number of aryl methyl sites for hydroxylation is 1. The third kappa shape index (κ3) is 4.24. The molecule has 27 heavy (non-hydrogen) atoms. The van der Waals surface area contributed by atoms with Gasteiger partial charge in [0, 0.05) is 12.2 Å². The number of carbonyl (C=O) groups excluding carboxylic acids is 4. The summed E-state index contributed by atoms with van der Waals surface area (Å²) < 4.78 is 4.95. The second-order valence-electron chi connectivity index (χ2n) is 6.76. The third-order valence-corrected chi connectivity index (χ3v) is 4.92. The maximum atomic E-state index is 12.3. The van der Waals surface area contributed by atoms with Gasteiger partial charge >= 0.3 is 5.97 Å². The minimum atomic E-state index is -0.622. The van der Waals surface area contributed by atoms with Crippen molar-refractivity contribution >= 4 is 29.4 Å². The van der Waals surface area contributed by atoms with Crippen LogP contribution >= 0.6 is 0 Å². The Hall–Kier alpha value is -2.96. The van der Waals surface area contributed by atoms with Crippen molar-refractivity contribution in [3.63, 3.8) is 0 Å². The lowest BCUT2D eigenvalue weighted by Gasteiger charge is -2.14. The molecule has 7 nitrogen and oxygen atoms in total. The lowest BCUT2D eigenvalue weighted by Crippen LogP contribution is -2.33. The maximum absolute atomic E-state index is 12.3. The molecule has 0 aromatic heterocycles. The molecule has 0 bridgehead atoms. The minimum absolute atomic E-state index is 0.0110. The molecule has 1 aliphatic heterocycles. The van der Waals surface area contributed by atoms with E-state index in [0.717, 1.165) is 10.5 Å². The predicted octanol–water partition coefficient (Wildman–Crippen LogP) is 1.82. The number of ether oxygens (including phenoxy) is 1. The number of carbonyl (C=O) groups is 4. The summed E-state index contributed by atoms with van der Waals surface area (Å²) in [4.78, 5) is 49.6. The first kappa shape index (κ1) is 18.8. The molecule has 3 amide bonds. The number of imide groups is 1. The van der Waals surface area contributed by atoms with Gasteiger partial charge in [0.2, 0.25) is 11.8 Å². The van der Waals surface area contributed by atoms with Gasteiger partial charge in [-0.25, -0.2) is 0 Å². The number of para-hydroxylation sites is 1. The predicted molar refractivity (Wildman–Crippen MR) is 97.5 cm³/mol. The highest BCUT2D eigenvalue weighted by Crippen LogP contribution is 2.34. The van der Waals surface area contributed by atoms with Crippen molar-refractivity contribution in [1.29, 1.82) is 0 Å². The van der Waals surface area contributed by atoms with Gasteiger partial charge < -0.3 is 10.1 Å². The number of fused-ring (bicyclic) bond motifs is 1. The van der Waals surface area contributed by atoms with Gasteiger partial charge in [0.25, 0.3) is 5.91 Å². The summed E-state index contributed by atoms with van der Waals surface area (Å²) in [5.74, 6) is -2.12. The van der Waals surface area contributed by atoms with Crippen LogP contribution in [0.25, 0.3) is 0 Å². The van der Waals surface area contributed by atoms with Crippen LogP contribution in [0.5, 0.6) is 0 Å². The Morgan fingerprint density at radius 1 is 1.11 bits per heavy atom. The summed E-state index contributed by atoms with van der Waals surface area (Å²) in [6.07, 6.45) is 4.83. The summed E-state index contributed by atoms with van der Waals surface area (Å²) in [6, 6.07) is 7.27. The quantitative estimate of drug-likeness (QED) is 0.468. The van der Waals surface area contributed by atoms with E-state index in [2.05, 4.69) is 5.32 Å². The van der Waals surface area contributed by atoms with Crippen LogP contribution in [0, 0.1) is 18.8 Å². The molecular weight excluding hydrogens is 348 g/mol. The molecular formula is C20H22N2O5. The third-order valence-electron chi connectivity index (χ3n) is 4.92. The molecule has 0 spiro atoms. The van der Waals surface area contributed by atoms with E-state index >= 15 is 0 Å². The first-order chi connectivity index (χ1) is 13.0. The summed E-state index contributed by atoms with van der Waals surface area (Å²) in [6.45, 7) is 1.44. The van der Waals surface area contributed by atoms with E-state index in [9.17, 15) is 19.2 Å². The van der Waals surface area contributed by atoms with Crippen molar-refractivity contribution in [3.05, 3.63) is 42.0 Å². The van der Waals surface area contributed by atoms with Gasteiger partial charge in [-0.05, 0) is 31.4 Å². The fourth-order valence-corrected chi connectivity index (χ4v) is 3.41. The number of hydrogen-bond acceptors (Lipinski definition) is 5. The zero-order chi connectivity index (χ0) is 19.4. The molecule has 0 saturated carbocycles. The van der Waals surface area contributed by atoms with Crippen LogP contribution in [0.3, 0.4) is 0 Å². The van der Waals surface area contributed by atoms with Crippen LogP contribution in [0.15, 0.2) is 36.4 Å². The Labute approximate surface area is 157 Å². The fourth-order valence-electron chi connectivity index (χ4n) is 3.41. The Morgan fingerprint density at radius 2 is 1.74 bits per heavy atom. The molecule has 2 atom stereocenters. The van der Waals surface area contributed by atoms with Crippen molar-refractivity contribution < 1.29 is 23.9 Å². The molecule has 1 fully saturated rings. The Kier molecular flexibility index (Phi) is 5.69. The average molecular weight is 370 g/mol. The van der Waals surface area contributed by atoms with Gasteiger partial charge in [-0.15, -0.1) is 0 Å². The molecule has 1 N–H and O–H groups in total. The standard InChI is InChI=1S/C20H22N2O5/c1-13-6-2-5-9-16(13)21-17(23)12-27-18(24)10-11-22-19(25)14-7-3-4-8-15(14)20(22)26/h2-6,9,14-15H,7-8,10-12H2,1H3,(H,21,23)/t14-,15-/m1/s1. The van der Waals surface area contributed by atoms with Crippen LogP contribution < -0.4 is 5.32 Å². The van der Waals surface area contributed by atoms with Gasteiger partial charge in [0.1, 0.15) is 0 Å². The van der Waals surface area contributed by atoms with Crippen molar-refractivity contribution in [2.24, 2.45) is 11.8 Å². The van der Waals surface area contributed by atoms with Crippen molar-refractivity contribution in [2.45, 2.75) is 26.2 Å². The number of likely N-dealkylation sites (tertiary alicyclic amines) is 1. The lowest BCUT2D eigenvalue weighted by atomic mass is 9.85. The number of benzene rings is 1. The van der Waals surface area contributed by atoms with Crippen LogP contribution in [0.4, 0.5) is 5.69 Å². The van der Waals surface area contributed by atoms with Gasteiger partial charge in [-0.3, -0.25) is 24.1 Å². The molecule has 0 radical (unpaired) electrons. The number of nitrogens with zero attached hydrogens (tertiary/aromatic N) is 1. The van der Waals surface area contributed by atoms with Crippen LogP contribution in [0.2, 0.25) is 0 Å². The monoisotopic (exact) mass is 370 g/mol. The molecule has 142 valence electrons. The first-order valence-corrected chi connectivity index (χ1v) is 8.98. The van der Waals surface area contributed by atoms with Crippen LogP contribution in [0.1, 0.15) is 24.8 Å². The normalized spacial score (nSPS) is 21.1. The van der Waals surface area contributed by atoms with Crippen molar-refractivity contribution in [2.75, 3.05) is 18.5 Å². The van der Waals surface area contributed by atoms with E-state index in [1.807, 2.05) is 31.2 Å². The Morgan fingerprint density at radius 3 is 2.37 bits per heavy atom. The highest BCUT2D eigenvalue weighted by molar-refractivity contribution is 6.05. The molecule has 1 aliphatic carbocycles. The molecule has 7 heteroatoms. The van der Waals surface area contributed by atoms with Gasteiger partial charge in [-0.1, -0.05) is 30.4 Å². The molecule has 1 heterocycles. The molecule has 1 aromatic carbocycles. The number of anilines is 1. The molecule has 2 aliphatic rings. The largest absolute Gasteiger partial charge is 0.456 e. The van der Waals surface area contributed by atoms with E-state index in [1.165, 1.54) is 0 Å². The highest BCUT2D eigenvalue weighted by Gasteiger charge is 2.46. The topological polar surface area (TPSA) is 92.8 Å². The number of nitrogens with one attached hydrogen (secondary N) is 1. The van der Waals surface area contributed by atoms with E-state index in [0.29, 0.717) is 18.5 Å². The van der Waals surface area contributed by atoms with E-state index in [-0.39, 0.29) is 36.6 Å². The van der Waals surface area contributed by atoms with Crippen LogP contribution in [-0.4, -0.2) is 41.7 Å². The van der Waals surface area contributed by atoms with Crippen molar-refractivity contribution in [3.8, 4) is 0 Å². The summed E-state index contributed by atoms with van der Waals surface area (Å²) in [5, 5.41) is 2.67. The molecule has 1 aromatic rings. The highest BCUT2D eigenvalue weighted by atomic mass is 16.5. The number of amides is 3. The van der Waals surface area contributed by atoms with E-state index < -0.39 is 18.5 Å². The average Bonchev–Trinajstić information content (AvgIpc) is 2.91. The number of allylic oxidation sites excluding steroid dienone is 2. The molecule has 0 unspecified atom stereocenters. The fraction of sp³-hybridized carbons (Fsp3) is 0.400. The van der Waals surface area contributed by atoms with Gasteiger partial charge in [-0.2, -0.15) is 0 Å². The summed E-state index contributed by atoms with van der Waals surface area (Å²) >= 11 is 0. The first-order valence-electron chi connectivity index (χ1n) is 8.98. The maximum Gasteiger partial charge on any atom is 0.308 e. The SMILES string of the molecule is Cc1ccccc1NC(=O)COC(=O)CCN1C(=O)[C@@H]2CC=CC[C@H]2C1=O. The van der Waals surface area contributed by atoms with Crippen molar-refractivity contribution in [1.82, 2.24) is 4.90 Å². The molecule has 1 saturated heterocycles. The zero-order valence-electron chi connectivity index (χ0n) is 15.1. The van der Waals surface area contributed by atoms with Gasteiger partial charge in [0.15, 0.2) is 6.61 Å². The Balaban J connectivity index is 1.43. The molecule has 3 rings (SSSR count). The lowest BCUT2D eigenvalue weighted by molar-refractivity contribution is -0.148. The van der Waals surface area contributed by atoms with E-state index in [1.54, 1.807) is 12.1 Å². The Bertz CT molecular complexity index is 775. The van der Waals surface area contributed by atoms with Crippen LogP contribution in [-0.2, 0) is 23.9 Å². The number of hydrogen-bond donors (Lipinski definition) is 1. The second-order valence-corrected chi connectivity index (χ2v) is 6.76. The second kappa shape index (κ2) is 8.16. The summed E-state index contributed by atoms with van der Waals surface area (Å²) in [5.41, 5.74) is 1.56. The minimum Gasteiger partial charge on any atom is -0.456 e. The number of esters is 1. The smallest absolute Gasteiger partial charge is 0.308 e. The summed E-state index contributed by atoms with van der Waals surface area (Å²) in [7, 11) is 0. The van der Waals surface area contributed by atoms with E-state index in [4.69, 9.17) is 4.74 Å². The van der Waals surface area contributed by atoms with Gasteiger partial charge in [0.05, 0.1) is 18.3 Å².